The molecule has 0 bridgehead atoms. The Kier molecular flexibility index (Phi) is 4.62. The van der Waals surface area contributed by atoms with Crippen molar-refractivity contribution in [2.45, 2.75) is 19.4 Å². The summed E-state index contributed by atoms with van der Waals surface area (Å²) in [6, 6.07) is 15.7. The van der Waals surface area contributed by atoms with Gasteiger partial charge in [-0.3, -0.25) is 14.3 Å². The van der Waals surface area contributed by atoms with Gasteiger partial charge in [-0.25, -0.2) is 4.79 Å². The van der Waals surface area contributed by atoms with Gasteiger partial charge in [-0.2, -0.15) is 0 Å². The molecule has 0 saturated heterocycles. The molecule has 1 aromatic heterocycles. The lowest BCUT2D eigenvalue weighted by atomic mass is 9.99. The van der Waals surface area contributed by atoms with Gasteiger partial charge in [0.25, 0.3) is 5.56 Å². The normalized spacial score (nSPS) is 13.5. The number of hydrogen-bond acceptors (Lipinski definition) is 3. The highest BCUT2D eigenvalue weighted by Crippen LogP contribution is 2.25. The van der Waals surface area contributed by atoms with Crippen molar-refractivity contribution >= 4 is 17.4 Å². The van der Waals surface area contributed by atoms with Crippen LogP contribution >= 0.6 is 11.6 Å². The number of benzene rings is 2. The van der Waals surface area contributed by atoms with Crippen LogP contribution in [0.2, 0.25) is 5.02 Å². The van der Waals surface area contributed by atoms with Gasteiger partial charge >= 0.3 is 5.69 Å². The Bertz CT molecular complexity index is 1120. The van der Waals surface area contributed by atoms with E-state index in [0.29, 0.717) is 29.4 Å². The van der Waals surface area contributed by atoms with Crippen molar-refractivity contribution in [2.24, 2.45) is 7.05 Å². The van der Waals surface area contributed by atoms with Crippen molar-refractivity contribution in [3.8, 4) is 0 Å². The van der Waals surface area contributed by atoms with Gasteiger partial charge < -0.3 is 4.90 Å². The number of H-pyrrole nitrogens is 1. The third-order valence-electron chi connectivity index (χ3n) is 5.10. The number of anilines is 1. The number of fused-ring (bicyclic) bond motifs is 1. The predicted molar refractivity (Wildman–Crippen MR) is 108 cm³/mol. The number of aromatic amines is 1. The fraction of sp³-hybridized carbons (Fsp3) is 0.238. The summed E-state index contributed by atoms with van der Waals surface area (Å²) in [5.41, 5.74) is 3.38. The maximum Gasteiger partial charge on any atom is 0.329 e. The molecule has 0 atom stereocenters. The highest BCUT2D eigenvalue weighted by molar-refractivity contribution is 6.30. The Morgan fingerprint density at radius 1 is 1.07 bits per heavy atom. The van der Waals surface area contributed by atoms with Crippen LogP contribution in [0.5, 0.6) is 0 Å². The lowest BCUT2D eigenvalue weighted by Crippen LogP contribution is -2.40. The molecule has 2 heterocycles. The third kappa shape index (κ3) is 3.43. The number of nitrogens with one attached hydrogen (secondary N) is 1. The van der Waals surface area contributed by atoms with Crippen LogP contribution in [0.1, 0.15) is 22.3 Å². The van der Waals surface area contributed by atoms with E-state index in [4.69, 9.17) is 11.6 Å². The minimum Gasteiger partial charge on any atom is -0.353 e. The van der Waals surface area contributed by atoms with Gasteiger partial charge in [0.2, 0.25) is 0 Å². The molecule has 27 heavy (non-hydrogen) atoms. The van der Waals surface area contributed by atoms with Crippen LogP contribution in [0.25, 0.3) is 0 Å². The van der Waals surface area contributed by atoms with Gasteiger partial charge in [-0.05, 0) is 35.2 Å². The van der Waals surface area contributed by atoms with E-state index in [2.05, 4.69) is 22.0 Å². The van der Waals surface area contributed by atoms with E-state index in [9.17, 15) is 9.59 Å². The quantitative estimate of drug-likeness (QED) is 0.759. The Morgan fingerprint density at radius 2 is 1.85 bits per heavy atom. The minimum absolute atomic E-state index is 0.271. The van der Waals surface area contributed by atoms with Crippen molar-refractivity contribution in [2.75, 3.05) is 11.4 Å². The topological polar surface area (TPSA) is 58.1 Å². The largest absolute Gasteiger partial charge is 0.353 e. The van der Waals surface area contributed by atoms with Crippen LogP contribution in [0.4, 0.5) is 5.82 Å². The van der Waals surface area contributed by atoms with Crippen molar-refractivity contribution in [1.29, 1.82) is 0 Å². The van der Waals surface area contributed by atoms with Crippen LogP contribution < -0.4 is 16.1 Å². The fourth-order valence-corrected chi connectivity index (χ4v) is 3.84. The van der Waals surface area contributed by atoms with Crippen molar-refractivity contribution in [3.05, 3.63) is 96.6 Å². The summed E-state index contributed by atoms with van der Waals surface area (Å²) in [5, 5.41) is 0.627. The second kappa shape index (κ2) is 7.08. The second-order valence-corrected chi connectivity index (χ2v) is 7.30. The summed E-state index contributed by atoms with van der Waals surface area (Å²) in [7, 11) is 1.50. The number of hydrogen-bond donors (Lipinski definition) is 1. The van der Waals surface area contributed by atoms with E-state index in [-0.39, 0.29) is 5.56 Å². The summed E-state index contributed by atoms with van der Waals surface area (Å²) in [6.07, 6.45) is 1.29. The highest BCUT2D eigenvalue weighted by Gasteiger charge is 2.22. The average molecular weight is 382 g/mol. The molecule has 138 valence electrons. The van der Waals surface area contributed by atoms with Crippen molar-refractivity contribution in [3.63, 3.8) is 0 Å². The minimum atomic E-state index is -0.399. The molecule has 1 aliphatic heterocycles. The van der Waals surface area contributed by atoms with Crippen LogP contribution in [-0.2, 0) is 26.4 Å². The summed E-state index contributed by atoms with van der Waals surface area (Å²) in [4.78, 5) is 30.1. The zero-order valence-corrected chi connectivity index (χ0v) is 15.8. The standard InChI is InChI=1S/C21H20ClN3O2/c1-24-20(26)18(12-14-5-4-8-17(22)11-14)19(23-21(24)27)25-10-9-15-6-2-3-7-16(15)13-25/h2-8,11H,9-10,12-13H2,1H3,(H,23,27). The van der Waals surface area contributed by atoms with E-state index in [1.807, 2.05) is 30.3 Å². The molecule has 1 N–H and O–H groups in total. The Balaban J connectivity index is 1.78. The van der Waals surface area contributed by atoms with Gasteiger partial charge in [-0.1, -0.05) is 48.0 Å². The Morgan fingerprint density at radius 3 is 2.63 bits per heavy atom. The SMILES string of the molecule is Cn1c(=O)[nH]c(N2CCc3ccccc3C2)c(Cc2cccc(Cl)c2)c1=O. The molecule has 0 radical (unpaired) electrons. The number of aromatic nitrogens is 2. The maximum atomic E-state index is 12.9. The van der Waals surface area contributed by atoms with Gasteiger partial charge in [0, 0.05) is 31.6 Å². The summed E-state index contributed by atoms with van der Waals surface area (Å²) in [6.45, 7) is 1.42. The molecule has 6 heteroatoms. The van der Waals surface area contributed by atoms with Crippen molar-refractivity contribution < 1.29 is 0 Å². The smallest absolute Gasteiger partial charge is 0.329 e. The van der Waals surface area contributed by atoms with Crippen molar-refractivity contribution in [1.82, 2.24) is 9.55 Å². The maximum absolute atomic E-state index is 12.9. The molecular weight excluding hydrogens is 362 g/mol. The van der Waals surface area contributed by atoms with E-state index in [1.165, 1.54) is 18.2 Å². The fourth-order valence-electron chi connectivity index (χ4n) is 3.62. The molecule has 0 saturated carbocycles. The van der Waals surface area contributed by atoms with E-state index in [0.717, 1.165) is 23.1 Å². The van der Waals surface area contributed by atoms with Crippen LogP contribution in [0, 0.1) is 0 Å². The molecule has 0 aliphatic carbocycles. The molecule has 0 amide bonds. The van der Waals surface area contributed by atoms with Gasteiger partial charge in [-0.15, -0.1) is 0 Å². The zero-order chi connectivity index (χ0) is 19.0. The first-order chi connectivity index (χ1) is 13.0. The van der Waals surface area contributed by atoms with Crippen LogP contribution in [0.15, 0.2) is 58.1 Å². The predicted octanol–water partition coefficient (Wildman–Crippen LogP) is 2.88. The molecule has 5 nitrogen and oxygen atoms in total. The van der Waals surface area contributed by atoms with Gasteiger partial charge in [0.15, 0.2) is 0 Å². The molecule has 0 unspecified atom stereocenters. The molecular formula is C21H20ClN3O2. The highest BCUT2D eigenvalue weighted by atomic mass is 35.5. The first-order valence-corrected chi connectivity index (χ1v) is 9.29. The van der Waals surface area contributed by atoms with Gasteiger partial charge in [0.1, 0.15) is 5.82 Å². The van der Waals surface area contributed by atoms with E-state index in [1.54, 1.807) is 6.07 Å². The number of rotatable bonds is 3. The Hall–Kier alpha value is -2.79. The van der Waals surface area contributed by atoms with E-state index < -0.39 is 5.69 Å². The van der Waals surface area contributed by atoms with Gasteiger partial charge in [0.05, 0.1) is 5.56 Å². The molecule has 2 aromatic carbocycles. The summed E-state index contributed by atoms with van der Waals surface area (Å²) in [5.74, 6) is 0.609. The van der Waals surface area contributed by atoms with Crippen LogP contribution in [-0.4, -0.2) is 16.1 Å². The molecule has 0 spiro atoms. The second-order valence-electron chi connectivity index (χ2n) is 6.87. The monoisotopic (exact) mass is 381 g/mol. The Labute approximate surface area is 161 Å². The number of halogens is 1. The summed E-state index contributed by atoms with van der Waals surface area (Å²) >= 11 is 6.10. The molecule has 0 fully saturated rings. The average Bonchev–Trinajstić information content (AvgIpc) is 2.68. The molecule has 4 rings (SSSR count). The third-order valence-corrected chi connectivity index (χ3v) is 5.33. The zero-order valence-electron chi connectivity index (χ0n) is 15.0. The lowest BCUT2D eigenvalue weighted by molar-refractivity contribution is 0.688. The summed E-state index contributed by atoms with van der Waals surface area (Å²) < 4.78 is 1.13. The first-order valence-electron chi connectivity index (χ1n) is 8.91. The lowest BCUT2D eigenvalue weighted by Gasteiger charge is -2.31. The van der Waals surface area contributed by atoms with E-state index >= 15 is 0 Å². The first kappa shape index (κ1) is 17.6. The molecule has 1 aliphatic rings. The number of nitrogens with zero attached hydrogens (tertiary/aromatic N) is 2. The van der Waals surface area contributed by atoms with Crippen LogP contribution in [0.3, 0.4) is 0 Å². The molecule has 3 aromatic rings.